The summed E-state index contributed by atoms with van der Waals surface area (Å²) in [7, 11) is 0. The van der Waals surface area contributed by atoms with Crippen molar-refractivity contribution in [2.24, 2.45) is 17.8 Å². The number of carbonyl (C=O) groups is 1. The van der Waals surface area contributed by atoms with Crippen molar-refractivity contribution in [1.82, 2.24) is 5.32 Å². The zero-order valence-electron chi connectivity index (χ0n) is 10.9. The van der Waals surface area contributed by atoms with Gasteiger partial charge >= 0.3 is 0 Å². The smallest absolute Gasteiger partial charge is 0.223 e. The summed E-state index contributed by atoms with van der Waals surface area (Å²) in [5, 5.41) is 12.9. The predicted molar refractivity (Wildman–Crippen MR) is 65.0 cm³/mol. The summed E-state index contributed by atoms with van der Waals surface area (Å²) in [4.78, 5) is 11.6. The van der Waals surface area contributed by atoms with Crippen molar-refractivity contribution in [2.75, 3.05) is 6.54 Å². The molecule has 2 N–H and O–H groups in total. The third-order valence-corrected chi connectivity index (χ3v) is 3.35. The van der Waals surface area contributed by atoms with E-state index in [1.54, 1.807) is 6.92 Å². The molecule has 94 valence electrons. The van der Waals surface area contributed by atoms with Crippen molar-refractivity contribution < 1.29 is 9.90 Å². The predicted octanol–water partition coefficient (Wildman–Crippen LogP) is 1.95. The number of amides is 1. The lowest BCUT2D eigenvalue weighted by molar-refractivity contribution is -0.123. The maximum Gasteiger partial charge on any atom is 0.223 e. The van der Waals surface area contributed by atoms with Gasteiger partial charge in [0, 0.05) is 12.5 Å². The molecule has 0 radical (unpaired) electrons. The molecule has 1 fully saturated rings. The molecule has 1 amide bonds. The van der Waals surface area contributed by atoms with Gasteiger partial charge in [-0.1, -0.05) is 20.8 Å². The average molecular weight is 227 g/mol. The maximum absolute atomic E-state index is 11.6. The highest BCUT2D eigenvalue weighted by atomic mass is 16.3. The highest BCUT2D eigenvalue weighted by molar-refractivity contribution is 5.81. The molecule has 3 atom stereocenters. The van der Waals surface area contributed by atoms with E-state index in [2.05, 4.69) is 26.1 Å². The molecule has 3 nitrogen and oxygen atoms in total. The summed E-state index contributed by atoms with van der Waals surface area (Å²) in [6.45, 7) is 8.54. The molecule has 0 aromatic heterocycles. The van der Waals surface area contributed by atoms with E-state index in [0.29, 0.717) is 18.4 Å². The number of hydrogen-bond acceptors (Lipinski definition) is 2. The lowest BCUT2D eigenvalue weighted by Gasteiger charge is -2.24. The van der Waals surface area contributed by atoms with Crippen LogP contribution in [0.4, 0.5) is 0 Å². The van der Waals surface area contributed by atoms with E-state index in [0.717, 1.165) is 19.3 Å². The summed E-state index contributed by atoms with van der Waals surface area (Å²) in [5.74, 6) is 1.42. The molecule has 1 aliphatic rings. The Morgan fingerprint density at radius 3 is 2.56 bits per heavy atom. The topological polar surface area (TPSA) is 49.3 Å². The van der Waals surface area contributed by atoms with E-state index in [-0.39, 0.29) is 11.8 Å². The van der Waals surface area contributed by atoms with Crippen LogP contribution in [0.3, 0.4) is 0 Å². The molecule has 3 heteroatoms. The fourth-order valence-corrected chi connectivity index (χ4v) is 1.78. The highest BCUT2D eigenvalue weighted by Crippen LogP contribution is 2.37. The van der Waals surface area contributed by atoms with Crippen molar-refractivity contribution >= 4 is 5.91 Å². The number of rotatable bonds is 6. The Morgan fingerprint density at radius 2 is 2.12 bits per heavy atom. The van der Waals surface area contributed by atoms with Crippen molar-refractivity contribution in [1.29, 1.82) is 0 Å². The van der Waals surface area contributed by atoms with Gasteiger partial charge in [0.2, 0.25) is 5.91 Å². The first kappa shape index (κ1) is 13.5. The van der Waals surface area contributed by atoms with Gasteiger partial charge in [-0.3, -0.25) is 4.79 Å². The molecule has 0 spiro atoms. The molecule has 0 saturated heterocycles. The molecule has 1 aliphatic carbocycles. The SMILES string of the molecule is CC(C)CC[C@](C)(O)CNC(=O)[C@H]1C[C@H]1C. The van der Waals surface area contributed by atoms with E-state index < -0.39 is 5.60 Å². The van der Waals surface area contributed by atoms with Gasteiger partial charge in [-0.25, -0.2) is 0 Å². The highest BCUT2D eigenvalue weighted by Gasteiger charge is 2.39. The van der Waals surface area contributed by atoms with Gasteiger partial charge in [0.25, 0.3) is 0 Å². The molecule has 0 bridgehead atoms. The van der Waals surface area contributed by atoms with Crippen LogP contribution in [0.1, 0.15) is 47.0 Å². The van der Waals surface area contributed by atoms with Crippen molar-refractivity contribution in [2.45, 2.75) is 52.6 Å². The second-order valence-electron chi connectivity index (χ2n) is 5.97. The van der Waals surface area contributed by atoms with Gasteiger partial charge in [0.1, 0.15) is 0 Å². The summed E-state index contributed by atoms with van der Waals surface area (Å²) in [6.07, 6.45) is 2.73. The van der Waals surface area contributed by atoms with E-state index in [1.807, 2.05) is 0 Å². The monoisotopic (exact) mass is 227 g/mol. The van der Waals surface area contributed by atoms with Crippen molar-refractivity contribution in [3.8, 4) is 0 Å². The van der Waals surface area contributed by atoms with E-state index in [1.165, 1.54) is 0 Å². The summed E-state index contributed by atoms with van der Waals surface area (Å²) >= 11 is 0. The summed E-state index contributed by atoms with van der Waals surface area (Å²) in [6, 6.07) is 0. The lowest BCUT2D eigenvalue weighted by Crippen LogP contribution is -2.41. The van der Waals surface area contributed by atoms with Crippen LogP contribution in [-0.2, 0) is 4.79 Å². The second-order valence-corrected chi connectivity index (χ2v) is 5.97. The zero-order chi connectivity index (χ0) is 12.3. The van der Waals surface area contributed by atoms with Crippen LogP contribution in [0.25, 0.3) is 0 Å². The molecule has 0 aromatic rings. The first-order valence-electron chi connectivity index (χ1n) is 6.32. The molecule has 0 heterocycles. The normalized spacial score (nSPS) is 27.6. The minimum atomic E-state index is -0.766. The van der Waals surface area contributed by atoms with Gasteiger partial charge in [0.15, 0.2) is 0 Å². The van der Waals surface area contributed by atoms with Crippen molar-refractivity contribution in [3.05, 3.63) is 0 Å². The van der Waals surface area contributed by atoms with Crippen LogP contribution in [-0.4, -0.2) is 23.2 Å². The molecule has 16 heavy (non-hydrogen) atoms. The Morgan fingerprint density at radius 1 is 1.56 bits per heavy atom. The molecule has 0 aromatic carbocycles. The Bertz CT molecular complexity index is 248. The molecular formula is C13H25NO2. The van der Waals surface area contributed by atoms with Crippen LogP contribution >= 0.6 is 0 Å². The van der Waals surface area contributed by atoms with Crippen LogP contribution in [0.5, 0.6) is 0 Å². The average Bonchev–Trinajstić information content (AvgIpc) is 2.89. The summed E-state index contributed by atoms with van der Waals surface area (Å²) in [5.41, 5.74) is -0.766. The van der Waals surface area contributed by atoms with Gasteiger partial charge in [-0.05, 0) is 38.0 Å². The van der Waals surface area contributed by atoms with Crippen LogP contribution in [0.2, 0.25) is 0 Å². The largest absolute Gasteiger partial charge is 0.388 e. The van der Waals surface area contributed by atoms with Crippen LogP contribution in [0, 0.1) is 17.8 Å². The lowest BCUT2D eigenvalue weighted by atomic mass is 9.95. The first-order valence-corrected chi connectivity index (χ1v) is 6.32. The van der Waals surface area contributed by atoms with Gasteiger partial charge < -0.3 is 10.4 Å². The van der Waals surface area contributed by atoms with E-state index in [4.69, 9.17) is 0 Å². The Kier molecular flexibility index (Phi) is 4.36. The zero-order valence-corrected chi connectivity index (χ0v) is 10.9. The quantitative estimate of drug-likeness (QED) is 0.728. The number of aliphatic hydroxyl groups is 1. The van der Waals surface area contributed by atoms with Crippen LogP contribution < -0.4 is 5.32 Å². The third kappa shape index (κ3) is 4.52. The van der Waals surface area contributed by atoms with Crippen molar-refractivity contribution in [3.63, 3.8) is 0 Å². The molecule has 1 rings (SSSR count). The third-order valence-electron chi connectivity index (χ3n) is 3.35. The first-order chi connectivity index (χ1) is 7.32. The Hall–Kier alpha value is -0.570. The molecular weight excluding hydrogens is 202 g/mol. The maximum atomic E-state index is 11.6. The standard InChI is InChI=1S/C13H25NO2/c1-9(2)5-6-13(4,16)8-14-12(15)11-7-10(11)3/h9-11,16H,5-8H2,1-4H3,(H,14,15)/t10-,11+,13+/m1/s1. The number of hydrogen-bond donors (Lipinski definition) is 2. The van der Waals surface area contributed by atoms with Gasteiger partial charge in [-0.2, -0.15) is 0 Å². The number of carbonyl (C=O) groups excluding carboxylic acids is 1. The molecule has 0 unspecified atom stereocenters. The van der Waals surface area contributed by atoms with E-state index in [9.17, 15) is 9.90 Å². The van der Waals surface area contributed by atoms with Crippen LogP contribution in [0.15, 0.2) is 0 Å². The molecule has 1 saturated carbocycles. The van der Waals surface area contributed by atoms with Gasteiger partial charge in [0.05, 0.1) is 5.60 Å². The van der Waals surface area contributed by atoms with E-state index >= 15 is 0 Å². The fourth-order valence-electron chi connectivity index (χ4n) is 1.78. The minimum Gasteiger partial charge on any atom is -0.388 e. The second kappa shape index (κ2) is 5.17. The molecule has 0 aliphatic heterocycles. The minimum absolute atomic E-state index is 0.109. The van der Waals surface area contributed by atoms with Gasteiger partial charge in [-0.15, -0.1) is 0 Å². The Balaban J connectivity index is 2.21. The number of nitrogens with one attached hydrogen (secondary N) is 1. The fraction of sp³-hybridized carbons (Fsp3) is 0.923. The Labute approximate surface area is 98.6 Å². The summed E-state index contributed by atoms with van der Waals surface area (Å²) < 4.78 is 0.